The van der Waals surface area contributed by atoms with Gasteiger partial charge in [-0.3, -0.25) is 4.90 Å². The number of nitrogens with zero attached hydrogens (tertiary/aromatic N) is 3. The summed E-state index contributed by atoms with van der Waals surface area (Å²) in [7, 11) is 0. The van der Waals surface area contributed by atoms with Gasteiger partial charge in [-0.1, -0.05) is 32.6 Å². The summed E-state index contributed by atoms with van der Waals surface area (Å²) in [5, 5.41) is 0. The topological polar surface area (TPSA) is 19.0 Å². The molecule has 1 aromatic rings. The van der Waals surface area contributed by atoms with Gasteiger partial charge in [-0.2, -0.15) is 0 Å². The average molecular weight is 454 g/mol. The van der Waals surface area contributed by atoms with Crippen LogP contribution in [-0.4, -0.2) is 63.9 Å². The molecule has 0 radical (unpaired) electrons. The van der Waals surface area contributed by atoms with Crippen molar-refractivity contribution in [3.63, 3.8) is 0 Å². The Balaban J connectivity index is 1.33. The summed E-state index contributed by atoms with van der Waals surface area (Å²) >= 11 is 0. The Hall–Kier alpha value is -1.26. The molecule has 33 heavy (non-hydrogen) atoms. The summed E-state index contributed by atoms with van der Waals surface area (Å²) in [6, 6.07) is 7.47. The van der Waals surface area contributed by atoms with E-state index in [1.165, 1.54) is 109 Å². The van der Waals surface area contributed by atoms with Gasteiger partial charge in [-0.15, -0.1) is 0 Å². The fourth-order valence-electron chi connectivity index (χ4n) is 7.11. The maximum Gasteiger partial charge on any atom is 0.0642 e. The normalized spacial score (nSPS) is 25.0. The van der Waals surface area contributed by atoms with Gasteiger partial charge in [0.05, 0.1) is 13.2 Å². The van der Waals surface area contributed by atoms with E-state index in [1.54, 1.807) is 11.3 Å². The van der Waals surface area contributed by atoms with E-state index in [1.807, 2.05) is 0 Å². The first-order valence-corrected chi connectivity index (χ1v) is 14.2. The minimum atomic E-state index is 0.696. The third-order valence-electron chi connectivity index (χ3n) is 9.33. The molecule has 0 unspecified atom stereocenters. The van der Waals surface area contributed by atoms with Gasteiger partial charge in [-0.25, -0.2) is 0 Å². The predicted molar refractivity (Wildman–Crippen MR) is 140 cm³/mol. The Morgan fingerprint density at radius 3 is 2.27 bits per heavy atom. The summed E-state index contributed by atoms with van der Waals surface area (Å²) in [6.45, 7) is 12.2. The molecule has 2 saturated heterocycles. The van der Waals surface area contributed by atoms with Crippen molar-refractivity contribution in [2.75, 3.05) is 68.8 Å². The van der Waals surface area contributed by atoms with Gasteiger partial charge in [0.15, 0.2) is 0 Å². The number of ether oxygens (including phenoxy) is 1. The van der Waals surface area contributed by atoms with Gasteiger partial charge < -0.3 is 14.5 Å². The van der Waals surface area contributed by atoms with Crippen molar-refractivity contribution in [1.82, 2.24) is 4.90 Å². The summed E-state index contributed by atoms with van der Waals surface area (Å²) < 4.78 is 5.63. The number of morpholine rings is 1. The monoisotopic (exact) mass is 453 g/mol. The van der Waals surface area contributed by atoms with Crippen LogP contribution in [0.2, 0.25) is 0 Å². The van der Waals surface area contributed by atoms with Crippen LogP contribution in [0.3, 0.4) is 0 Å². The number of rotatable bonds is 6. The number of unbranched alkanes of at least 4 members (excludes halogenated alkanes) is 1. The zero-order chi connectivity index (χ0) is 22.5. The Kier molecular flexibility index (Phi) is 7.82. The van der Waals surface area contributed by atoms with Gasteiger partial charge in [0.1, 0.15) is 0 Å². The average Bonchev–Trinajstić information content (AvgIpc) is 2.89. The minimum absolute atomic E-state index is 0.696. The highest BCUT2D eigenvalue weighted by atomic mass is 16.5. The molecule has 1 aromatic carbocycles. The summed E-state index contributed by atoms with van der Waals surface area (Å²) in [5.41, 5.74) is 5.33. The molecule has 2 aliphatic heterocycles. The van der Waals surface area contributed by atoms with Crippen LogP contribution in [0.1, 0.15) is 89.0 Å². The second kappa shape index (κ2) is 11.0. The maximum atomic E-state index is 5.63. The van der Waals surface area contributed by atoms with E-state index in [0.717, 1.165) is 32.2 Å². The molecule has 4 nitrogen and oxygen atoms in total. The molecule has 0 aromatic heterocycles. The predicted octanol–water partition coefficient (Wildman–Crippen LogP) is 6.05. The summed E-state index contributed by atoms with van der Waals surface area (Å²) in [5.74, 6) is 0.742. The largest absolute Gasteiger partial charge is 0.378 e. The first-order valence-electron chi connectivity index (χ1n) is 14.2. The standard InChI is InChI=1S/C29H47N3O/c1-2-3-15-30-16-18-32(19-17-30)28-8-7-26(31-20-22-33-23-21-31)24-27(28)25-9-13-29(14-10-25)11-5-4-6-12-29/h7-8,24-25H,2-6,9-23H2,1H3. The lowest BCUT2D eigenvalue weighted by Crippen LogP contribution is -2.47. The SMILES string of the molecule is CCCCN1CCN(c2ccc(N3CCOCC3)cc2C2CCC3(CCCCC3)CC2)CC1. The molecule has 5 rings (SSSR count). The Bertz CT molecular complexity index is 735. The minimum Gasteiger partial charge on any atom is -0.378 e. The van der Waals surface area contributed by atoms with Gasteiger partial charge >= 0.3 is 0 Å². The molecular weight excluding hydrogens is 406 g/mol. The van der Waals surface area contributed by atoms with Crippen LogP contribution in [0.5, 0.6) is 0 Å². The van der Waals surface area contributed by atoms with Crippen molar-refractivity contribution in [2.24, 2.45) is 5.41 Å². The van der Waals surface area contributed by atoms with Crippen molar-refractivity contribution in [2.45, 2.75) is 83.5 Å². The van der Waals surface area contributed by atoms with E-state index in [9.17, 15) is 0 Å². The molecule has 2 saturated carbocycles. The quantitative estimate of drug-likeness (QED) is 0.521. The lowest BCUT2D eigenvalue weighted by Gasteiger charge is -2.44. The highest BCUT2D eigenvalue weighted by Gasteiger charge is 2.37. The summed E-state index contributed by atoms with van der Waals surface area (Å²) in [4.78, 5) is 7.94. The van der Waals surface area contributed by atoms with Crippen LogP contribution >= 0.6 is 0 Å². The number of piperazine rings is 1. The molecule has 0 atom stereocenters. The molecule has 4 fully saturated rings. The van der Waals surface area contributed by atoms with Gasteiger partial charge in [0, 0.05) is 50.6 Å². The van der Waals surface area contributed by atoms with Crippen molar-refractivity contribution >= 4 is 11.4 Å². The molecule has 1 spiro atoms. The number of hydrogen-bond donors (Lipinski definition) is 0. The van der Waals surface area contributed by atoms with Crippen LogP contribution in [0.4, 0.5) is 11.4 Å². The lowest BCUT2D eigenvalue weighted by molar-refractivity contribution is 0.114. The van der Waals surface area contributed by atoms with Crippen LogP contribution in [-0.2, 0) is 4.74 Å². The van der Waals surface area contributed by atoms with Gasteiger partial charge in [0.25, 0.3) is 0 Å². The van der Waals surface area contributed by atoms with Gasteiger partial charge in [0.2, 0.25) is 0 Å². The van der Waals surface area contributed by atoms with Crippen molar-refractivity contribution < 1.29 is 4.74 Å². The van der Waals surface area contributed by atoms with E-state index < -0.39 is 0 Å². The van der Waals surface area contributed by atoms with Crippen LogP contribution < -0.4 is 9.80 Å². The zero-order valence-electron chi connectivity index (χ0n) is 21.2. The molecule has 4 heteroatoms. The molecular formula is C29H47N3O. The number of benzene rings is 1. The number of anilines is 2. The molecule has 2 aliphatic carbocycles. The van der Waals surface area contributed by atoms with Gasteiger partial charge in [-0.05, 0) is 86.6 Å². The fourth-order valence-corrected chi connectivity index (χ4v) is 7.11. The number of hydrogen-bond acceptors (Lipinski definition) is 4. The van der Waals surface area contributed by atoms with Crippen LogP contribution in [0.15, 0.2) is 18.2 Å². The van der Waals surface area contributed by atoms with Crippen molar-refractivity contribution in [3.8, 4) is 0 Å². The molecule has 4 aliphatic rings. The van der Waals surface area contributed by atoms with E-state index in [4.69, 9.17) is 4.74 Å². The Labute approximate surface area is 202 Å². The second-order valence-corrected chi connectivity index (χ2v) is 11.4. The molecule has 0 bridgehead atoms. The third kappa shape index (κ3) is 5.53. The molecule has 184 valence electrons. The molecule has 0 N–H and O–H groups in total. The Morgan fingerprint density at radius 1 is 0.848 bits per heavy atom. The van der Waals surface area contributed by atoms with E-state index in [0.29, 0.717) is 5.41 Å². The zero-order valence-corrected chi connectivity index (χ0v) is 21.2. The second-order valence-electron chi connectivity index (χ2n) is 11.4. The lowest BCUT2D eigenvalue weighted by atomic mass is 9.62. The first kappa shape index (κ1) is 23.5. The summed E-state index contributed by atoms with van der Waals surface area (Å²) in [6.07, 6.45) is 15.8. The van der Waals surface area contributed by atoms with Crippen molar-refractivity contribution in [3.05, 3.63) is 23.8 Å². The fraction of sp³-hybridized carbons (Fsp3) is 0.793. The van der Waals surface area contributed by atoms with E-state index in [2.05, 4.69) is 39.8 Å². The highest BCUT2D eigenvalue weighted by molar-refractivity contribution is 5.63. The molecule has 0 amide bonds. The van der Waals surface area contributed by atoms with E-state index >= 15 is 0 Å². The maximum absolute atomic E-state index is 5.63. The van der Waals surface area contributed by atoms with Crippen molar-refractivity contribution in [1.29, 1.82) is 0 Å². The Morgan fingerprint density at radius 2 is 1.58 bits per heavy atom. The van der Waals surface area contributed by atoms with Crippen LogP contribution in [0.25, 0.3) is 0 Å². The molecule has 2 heterocycles. The van der Waals surface area contributed by atoms with E-state index in [-0.39, 0.29) is 0 Å². The highest BCUT2D eigenvalue weighted by Crippen LogP contribution is 2.52. The van der Waals surface area contributed by atoms with Crippen LogP contribution in [0, 0.1) is 5.41 Å². The first-order chi connectivity index (χ1) is 16.3. The third-order valence-corrected chi connectivity index (χ3v) is 9.33. The smallest absolute Gasteiger partial charge is 0.0642 e.